The Morgan fingerprint density at radius 2 is 1.58 bits per heavy atom. The van der Waals surface area contributed by atoms with Crippen LogP contribution >= 0.6 is 23.2 Å². The number of hydrogen-bond donors (Lipinski definition) is 1. The number of nitrogens with zero attached hydrogens (tertiary/aromatic N) is 1. The van der Waals surface area contributed by atoms with E-state index in [1.807, 2.05) is 4.90 Å². The van der Waals surface area contributed by atoms with Crippen molar-refractivity contribution in [2.75, 3.05) is 13.1 Å². The third-order valence-corrected chi connectivity index (χ3v) is 3.88. The summed E-state index contributed by atoms with van der Waals surface area (Å²) >= 11 is 11.9. The fourth-order valence-electron chi connectivity index (χ4n) is 2.60. The normalized spacial score (nSPS) is 18.8. The van der Waals surface area contributed by atoms with Crippen molar-refractivity contribution in [2.45, 2.75) is 31.7 Å². The van der Waals surface area contributed by atoms with Gasteiger partial charge in [0.25, 0.3) is 0 Å². The maximum Gasteiger partial charge on any atom is 0.325 e. The molecule has 1 unspecified atom stereocenters. The first-order valence-electron chi connectivity index (χ1n) is 6.51. The second kappa shape index (κ2) is 6.60. The molecule has 1 aromatic carbocycles. The molecule has 3 nitrogen and oxygen atoms in total. The van der Waals surface area contributed by atoms with E-state index in [-0.39, 0.29) is 0 Å². The SMILES string of the molecule is O=C(O)C(c1cc(Cl)cc(Cl)c1)N1CCCCCC1. The van der Waals surface area contributed by atoms with Gasteiger partial charge in [-0.1, -0.05) is 36.0 Å². The molecule has 1 saturated heterocycles. The zero-order chi connectivity index (χ0) is 13.8. The Morgan fingerprint density at radius 3 is 2.05 bits per heavy atom. The summed E-state index contributed by atoms with van der Waals surface area (Å²) < 4.78 is 0. The largest absolute Gasteiger partial charge is 0.480 e. The third kappa shape index (κ3) is 3.85. The number of carbonyl (C=O) groups is 1. The van der Waals surface area contributed by atoms with E-state index in [0.29, 0.717) is 15.6 Å². The van der Waals surface area contributed by atoms with Crippen molar-refractivity contribution in [1.29, 1.82) is 0 Å². The van der Waals surface area contributed by atoms with Gasteiger partial charge >= 0.3 is 5.97 Å². The predicted molar refractivity (Wildman–Crippen MR) is 76.9 cm³/mol. The minimum Gasteiger partial charge on any atom is -0.480 e. The number of carboxylic acids is 1. The van der Waals surface area contributed by atoms with Crippen LogP contribution in [-0.4, -0.2) is 29.1 Å². The van der Waals surface area contributed by atoms with E-state index in [0.717, 1.165) is 25.9 Å². The van der Waals surface area contributed by atoms with Crippen LogP contribution in [0.5, 0.6) is 0 Å². The van der Waals surface area contributed by atoms with Gasteiger partial charge in [0, 0.05) is 10.0 Å². The van der Waals surface area contributed by atoms with Gasteiger partial charge in [-0.25, -0.2) is 0 Å². The zero-order valence-corrected chi connectivity index (χ0v) is 12.1. The van der Waals surface area contributed by atoms with E-state index in [9.17, 15) is 9.90 Å². The molecule has 1 atom stereocenters. The van der Waals surface area contributed by atoms with Gasteiger partial charge in [0.2, 0.25) is 0 Å². The van der Waals surface area contributed by atoms with Crippen LogP contribution in [0.1, 0.15) is 37.3 Å². The van der Waals surface area contributed by atoms with E-state index >= 15 is 0 Å². The molecule has 104 valence electrons. The summed E-state index contributed by atoms with van der Waals surface area (Å²) in [6.07, 6.45) is 4.41. The zero-order valence-electron chi connectivity index (χ0n) is 10.6. The highest BCUT2D eigenvalue weighted by Gasteiger charge is 2.28. The van der Waals surface area contributed by atoms with Crippen LogP contribution < -0.4 is 0 Å². The summed E-state index contributed by atoms with van der Waals surface area (Å²) in [7, 11) is 0. The molecule has 0 bridgehead atoms. The van der Waals surface area contributed by atoms with Crippen LogP contribution in [0.15, 0.2) is 18.2 Å². The van der Waals surface area contributed by atoms with Crippen LogP contribution in [0.2, 0.25) is 10.0 Å². The summed E-state index contributed by atoms with van der Waals surface area (Å²) in [5.74, 6) is -0.847. The first-order valence-corrected chi connectivity index (χ1v) is 7.26. The van der Waals surface area contributed by atoms with Gasteiger partial charge in [-0.15, -0.1) is 0 Å². The molecule has 1 fully saturated rings. The molecular formula is C14H17Cl2NO2. The second-order valence-electron chi connectivity index (χ2n) is 4.89. The number of hydrogen-bond acceptors (Lipinski definition) is 2. The standard InChI is InChI=1S/C14H17Cl2NO2/c15-11-7-10(8-12(16)9-11)13(14(18)19)17-5-3-1-2-4-6-17/h7-9,13H,1-6H2,(H,18,19). The minimum absolute atomic E-state index is 0.476. The summed E-state index contributed by atoms with van der Waals surface area (Å²) in [5, 5.41) is 10.5. The average Bonchev–Trinajstić information content (AvgIpc) is 2.56. The number of likely N-dealkylation sites (tertiary alicyclic amines) is 1. The van der Waals surface area contributed by atoms with Crippen molar-refractivity contribution < 1.29 is 9.90 Å². The van der Waals surface area contributed by atoms with Gasteiger partial charge in [0.05, 0.1) is 0 Å². The van der Waals surface area contributed by atoms with Crippen molar-refractivity contribution in [3.05, 3.63) is 33.8 Å². The van der Waals surface area contributed by atoms with Crippen molar-refractivity contribution in [3.63, 3.8) is 0 Å². The van der Waals surface area contributed by atoms with Crippen LogP contribution in [0, 0.1) is 0 Å². The van der Waals surface area contributed by atoms with Crippen LogP contribution in [0.25, 0.3) is 0 Å². The first-order chi connectivity index (χ1) is 9.08. The smallest absolute Gasteiger partial charge is 0.325 e. The van der Waals surface area contributed by atoms with Crippen molar-refractivity contribution in [2.24, 2.45) is 0 Å². The molecule has 2 rings (SSSR count). The molecule has 0 radical (unpaired) electrons. The number of aliphatic carboxylic acids is 1. The summed E-state index contributed by atoms with van der Waals surface area (Å²) in [6.45, 7) is 1.61. The lowest BCUT2D eigenvalue weighted by Crippen LogP contribution is -2.34. The monoisotopic (exact) mass is 301 g/mol. The first kappa shape index (κ1) is 14.6. The molecule has 1 N–H and O–H groups in total. The van der Waals surface area contributed by atoms with Crippen LogP contribution in [0.3, 0.4) is 0 Å². The van der Waals surface area contributed by atoms with E-state index < -0.39 is 12.0 Å². The number of carboxylic acid groups (broad SMARTS) is 1. The van der Waals surface area contributed by atoms with E-state index in [1.54, 1.807) is 18.2 Å². The molecule has 5 heteroatoms. The Balaban J connectivity index is 2.30. The molecule has 1 aromatic rings. The molecule has 1 heterocycles. The second-order valence-corrected chi connectivity index (χ2v) is 5.77. The number of benzene rings is 1. The fourth-order valence-corrected chi connectivity index (χ4v) is 3.14. The number of rotatable bonds is 3. The Kier molecular flexibility index (Phi) is 5.08. The van der Waals surface area contributed by atoms with Crippen molar-refractivity contribution in [1.82, 2.24) is 4.90 Å². The summed E-state index contributed by atoms with van der Waals surface area (Å²) in [4.78, 5) is 13.6. The van der Waals surface area contributed by atoms with Crippen LogP contribution in [-0.2, 0) is 4.79 Å². The molecule has 0 spiro atoms. The van der Waals surface area contributed by atoms with Gasteiger partial charge in [0.1, 0.15) is 6.04 Å². The van der Waals surface area contributed by atoms with Gasteiger partial charge in [0.15, 0.2) is 0 Å². The summed E-state index contributed by atoms with van der Waals surface area (Å²) in [6, 6.07) is 4.34. The van der Waals surface area contributed by atoms with Gasteiger partial charge in [-0.2, -0.15) is 0 Å². The van der Waals surface area contributed by atoms with Gasteiger partial charge < -0.3 is 5.11 Å². The van der Waals surface area contributed by atoms with E-state index in [1.165, 1.54) is 12.8 Å². The lowest BCUT2D eigenvalue weighted by atomic mass is 10.0. The van der Waals surface area contributed by atoms with Gasteiger partial charge in [-0.05, 0) is 49.7 Å². The lowest BCUT2D eigenvalue weighted by Gasteiger charge is -2.27. The average molecular weight is 302 g/mol. The van der Waals surface area contributed by atoms with Crippen LogP contribution in [0.4, 0.5) is 0 Å². The summed E-state index contributed by atoms with van der Waals surface area (Å²) in [5.41, 5.74) is 0.659. The third-order valence-electron chi connectivity index (χ3n) is 3.44. The maximum atomic E-state index is 11.6. The molecule has 0 aromatic heterocycles. The predicted octanol–water partition coefficient (Wildman–Crippen LogP) is 4.00. The molecule has 1 aliphatic heterocycles. The fraction of sp³-hybridized carbons (Fsp3) is 0.500. The van der Waals surface area contributed by atoms with E-state index in [2.05, 4.69) is 0 Å². The molecule has 0 aliphatic carbocycles. The van der Waals surface area contributed by atoms with Crippen molar-refractivity contribution in [3.8, 4) is 0 Å². The maximum absolute atomic E-state index is 11.6. The quantitative estimate of drug-likeness (QED) is 0.917. The molecule has 1 aliphatic rings. The lowest BCUT2D eigenvalue weighted by molar-refractivity contribution is -0.143. The topological polar surface area (TPSA) is 40.5 Å². The van der Waals surface area contributed by atoms with E-state index in [4.69, 9.17) is 23.2 Å². The highest BCUT2D eigenvalue weighted by atomic mass is 35.5. The molecule has 0 amide bonds. The number of halogens is 2. The minimum atomic E-state index is -0.847. The molecule has 19 heavy (non-hydrogen) atoms. The highest BCUT2D eigenvalue weighted by Crippen LogP contribution is 2.29. The Morgan fingerprint density at radius 1 is 1.05 bits per heavy atom. The molecular weight excluding hydrogens is 285 g/mol. The Labute approximate surface area is 123 Å². The van der Waals surface area contributed by atoms with Gasteiger partial charge in [-0.3, -0.25) is 9.69 Å². The Bertz CT molecular complexity index is 437. The molecule has 0 saturated carbocycles. The highest BCUT2D eigenvalue weighted by molar-refractivity contribution is 6.34. The Hall–Kier alpha value is -0.770. The van der Waals surface area contributed by atoms with Crippen molar-refractivity contribution >= 4 is 29.2 Å².